The lowest BCUT2D eigenvalue weighted by molar-refractivity contribution is -0.274. The Kier molecular flexibility index (Phi) is 5.37. The maximum absolute atomic E-state index is 12.6. The monoisotopic (exact) mass is 468 g/mol. The highest BCUT2D eigenvalue weighted by Gasteiger charge is 2.32. The van der Waals surface area contributed by atoms with Gasteiger partial charge < -0.3 is 24.5 Å². The van der Waals surface area contributed by atoms with Crippen molar-refractivity contribution in [2.45, 2.75) is 12.4 Å². The second-order valence-electron chi connectivity index (χ2n) is 7.64. The summed E-state index contributed by atoms with van der Waals surface area (Å²) in [6, 6.07) is 12.7. The molecule has 2 aromatic heterocycles. The summed E-state index contributed by atoms with van der Waals surface area (Å²) in [4.78, 5) is 14.0. The first-order valence-electron chi connectivity index (χ1n) is 10.4. The molecule has 0 amide bonds. The Hall–Kier alpha value is -4.05. The van der Waals surface area contributed by atoms with Crippen molar-refractivity contribution >= 4 is 28.6 Å². The van der Waals surface area contributed by atoms with Gasteiger partial charge in [0, 0.05) is 12.3 Å². The number of hydrogen-bond donors (Lipinski definition) is 2. The van der Waals surface area contributed by atoms with Gasteiger partial charge in [0.2, 0.25) is 0 Å². The number of alkyl halides is 3. The molecule has 10 heteroatoms. The molecular weight excluding hydrogens is 449 g/mol. The number of pyridine rings is 1. The van der Waals surface area contributed by atoms with Crippen LogP contribution in [0.3, 0.4) is 0 Å². The predicted octanol–water partition coefficient (Wildman–Crippen LogP) is 5.06. The van der Waals surface area contributed by atoms with Gasteiger partial charge in [-0.25, -0.2) is 9.97 Å². The van der Waals surface area contributed by atoms with E-state index in [1.54, 1.807) is 18.3 Å². The number of imidazole rings is 1. The molecule has 0 bridgehead atoms. The first-order valence-corrected chi connectivity index (χ1v) is 10.4. The molecule has 1 aliphatic heterocycles. The van der Waals surface area contributed by atoms with Gasteiger partial charge in [0.15, 0.2) is 5.75 Å². The van der Waals surface area contributed by atoms with E-state index in [2.05, 4.69) is 26.3 Å². The van der Waals surface area contributed by atoms with Gasteiger partial charge in [-0.15, -0.1) is 13.2 Å². The van der Waals surface area contributed by atoms with Crippen LogP contribution in [0, 0.1) is 0 Å². The minimum Gasteiger partial charge on any atom is -0.488 e. The lowest BCUT2D eigenvalue weighted by Crippen LogP contribution is -2.43. The number of fused-ring (bicyclic) bond motifs is 2. The fraction of sp³-hybridized carbons (Fsp3) is 0.167. The second-order valence-corrected chi connectivity index (χ2v) is 7.64. The van der Waals surface area contributed by atoms with E-state index < -0.39 is 6.36 Å². The number of aliphatic hydroxyl groups is 1. The SMILES string of the molecule is C=Cc1ccc(N2c3cccc(-c4nc5ccc(OC(F)(F)F)cc5[nH]4)c3OC[C@@H]2CO)nc1. The molecule has 2 N–H and O–H groups in total. The lowest BCUT2D eigenvalue weighted by Gasteiger charge is -2.37. The molecule has 3 heterocycles. The van der Waals surface area contributed by atoms with Crippen molar-refractivity contribution in [3.63, 3.8) is 0 Å². The van der Waals surface area contributed by atoms with Gasteiger partial charge in [-0.3, -0.25) is 0 Å². The largest absolute Gasteiger partial charge is 0.573 e. The molecule has 0 spiro atoms. The van der Waals surface area contributed by atoms with E-state index in [1.165, 1.54) is 18.2 Å². The number of para-hydroxylation sites is 1. The van der Waals surface area contributed by atoms with Crippen molar-refractivity contribution < 1.29 is 27.8 Å². The highest BCUT2D eigenvalue weighted by molar-refractivity contribution is 5.85. The van der Waals surface area contributed by atoms with Crippen LogP contribution >= 0.6 is 0 Å². The molecule has 1 aliphatic rings. The third-order valence-corrected chi connectivity index (χ3v) is 5.45. The molecular formula is C24H19F3N4O3. The summed E-state index contributed by atoms with van der Waals surface area (Å²) < 4.78 is 47.8. The van der Waals surface area contributed by atoms with E-state index in [1.807, 2.05) is 29.2 Å². The van der Waals surface area contributed by atoms with Crippen LogP contribution in [0.15, 0.2) is 61.3 Å². The Bertz CT molecular complexity index is 1350. The van der Waals surface area contributed by atoms with E-state index in [9.17, 15) is 18.3 Å². The number of nitrogens with zero attached hydrogens (tertiary/aromatic N) is 3. The van der Waals surface area contributed by atoms with Crippen molar-refractivity contribution in [2.75, 3.05) is 18.1 Å². The van der Waals surface area contributed by atoms with Gasteiger partial charge in [-0.05, 0) is 42.0 Å². The van der Waals surface area contributed by atoms with Gasteiger partial charge in [-0.1, -0.05) is 18.7 Å². The van der Waals surface area contributed by atoms with Crippen molar-refractivity contribution in [3.8, 4) is 22.9 Å². The van der Waals surface area contributed by atoms with Crippen molar-refractivity contribution in [1.82, 2.24) is 15.0 Å². The lowest BCUT2D eigenvalue weighted by atomic mass is 10.1. The number of aliphatic hydroxyl groups excluding tert-OH is 1. The molecule has 0 fully saturated rings. The molecule has 0 radical (unpaired) electrons. The molecule has 7 nitrogen and oxygen atoms in total. The quantitative estimate of drug-likeness (QED) is 0.426. The zero-order chi connectivity index (χ0) is 23.9. The third kappa shape index (κ3) is 4.03. The average molecular weight is 468 g/mol. The van der Waals surface area contributed by atoms with E-state index in [0.29, 0.717) is 39.7 Å². The summed E-state index contributed by atoms with van der Waals surface area (Å²) >= 11 is 0. The fourth-order valence-electron chi connectivity index (χ4n) is 3.92. The van der Waals surface area contributed by atoms with Gasteiger partial charge in [0.1, 0.15) is 24.0 Å². The Balaban J connectivity index is 1.57. The minimum atomic E-state index is -4.78. The van der Waals surface area contributed by atoms with Crippen LogP contribution in [0.1, 0.15) is 5.56 Å². The molecule has 1 atom stereocenters. The van der Waals surface area contributed by atoms with Crippen molar-refractivity contribution in [3.05, 3.63) is 66.9 Å². The summed E-state index contributed by atoms with van der Waals surface area (Å²) in [6.45, 7) is 3.79. The summed E-state index contributed by atoms with van der Waals surface area (Å²) in [5.41, 5.74) is 3.03. The van der Waals surface area contributed by atoms with Crippen LogP contribution in [0.2, 0.25) is 0 Å². The van der Waals surface area contributed by atoms with E-state index in [-0.39, 0.29) is 25.0 Å². The van der Waals surface area contributed by atoms with Crippen LogP contribution in [-0.2, 0) is 0 Å². The molecule has 0 aliphatic carbocycles. The molecule has 0 saturated heterocycles. The van der Waals surface area contributed by atoms with E-state index >= 15 is 0 Å². The maximum atomic E-state index is 12.6. The Morgan fingerprint density at radius 2 is 2.09 bits per heavy atom. The van der Waals surface area contributed by atoms with Crippen LogP contribution in [0.4, 0.5) is 24.7 Å². The number of nitrogens with one attached hydrogen (secondary N) is 1. The molecule has 5 rings (SSSR count). The highest BCUT2D eigenvalue weighted by atomic mass is 19.4. The van der Waals surface area contributed by atoms with Crippen LogP contribution in [0.5, 0.6) is 11.5 Å². The number of anilines is 2. The number of benzene rings is 2. The molecule has 34 heavy (non-hydrogen) atoms. The van der Waals surface area contributed by atoms with Gasteiger partial charge >= 0.3 is 6.36 Å². The zero-order valence-corrected chi connectivity index (χ0v) is 17.7. The molecule has 0 unspecified atom stereocenters. The predicted molar refractivity (Wildman–Crippen MR) is 121 cm³/mol. The van der Waals surface area contributed by atoms with Gasteiger partial charge in [0.25, 0.3) is 0 Å². The second kappa shape index (κ2) is 8.38. The van der Waals surface area contributed by atoms with Gasteiger partial charge in [-0.2, -0.15) is 0 Å². The van der Waals surface area contributed by atoms with Crippen LogP contribution < -0.4 is 14.4 Å². The molecule has 2 aromatic carbocycles. The third-order valence-electron chi connectivity index (χ3n) is 5.45. The van der Waals surface area contributed by atoms with Crippen molar-refractivity contribution in [2.24, 2.45) is 0 Å². The maximum Gasteiger partial charge on any atom is 0.573 e. The number of aromatic amines is 1. The number of hydrogen-bond acceptors (Lipinski definition) is 6. The zero-order valence-electron chi connectivity index (χ0n) is 17.7. The highest BCUT2D eigenvalue weighted by Crippen LogP contribution is 2.44. The summed E-state index contributed by atoms with van der Waals surface area (Å²) in [6.07, 6.45) is -1.40. The number of aromatic nitrogens is 3. The Morgan fingerprint density at radius 1 is 1.24 bits per heavy atom. The van der Waals surface area contributed by atoms with E-state index in [0.717, 1.165) is 5.56 Å². The van der Waals surface area contributed by atoms with Gasteiger partial charge in [0.05, 0.1) is 34.9 Å². The van der Waals surface area contributed by atoms with E-state index in [4.69, 9.17) is 4.74 Å². The first kappa shape index (κ1) is 21.8. The molecule has 174 valence electrons. The Labute approximate surface area is 192 Å². The standard InChI is InChI=1S/C24H19F3N4O3/c1-2-14-6-9-21(28-11-14)31-15(12-32)13-33-22-17(4-3-5-20(22)31)23-29-18-8-7-16(10-19(18)30-23)34-24(25,26)27/h2-11,15,32H,1,12-13H2,(H,29,30)/t15-/m0/s1. The minimum absolute atomic E-state index is 0.152. The smallest absolute Gasteiger partial charge is 0.488 e. The van der Waals surface area contributed by atoms with Crippen molar-refractivity contribution in [1.29, 1.82) is 0 Å². The number of rotatable bonds is 5. The van der Waals surface area contributed by atoms with Crippen LogP contribution in [-0.4, -0.2) is 45.7 Å². The topological polar surface area (TPSA) is 83.5 Å². The summed E-state index contributed by atoms with van der Waals surface area (Å²) in [5.74, 6) is 1.23. The average Bonchev–Trinajstić information content (AvgIpc) is 3.25. The summed E-state index contributed by atoms with van der Waals surface area (Å²) in [7, 11) is 0. The van der Waals surface area contributed by atoms with Crippen LogP contribution in [0.25, 0.3) is 28.5 Å². The number of halogens is 3. The number of H-pyrrole nitrogens is 1. The Morgan fingerprint density at radius 3 is 2.79 bits per heavy atom. The normalized spacial score (nSPS) is 15.6. The number of ether oxygens (including phenoxy) is 2. The molecule has 4 aromatic rings. The molecule has 0 saturated carbocycles. The fourth-order valence-corrected chi connectivity index (χ4v) is 3.92. The summed E-state index contributed by atoms with van der Waals surface area (Å²) in [5, 5.41) is 9.96. The first-order chi connectivity index (χ1) is 16.4.